The van der Waals surface area contributed by atoms with E-state index in [9.17, 15) is 10.1 Å². The van der Waals surface area contributed by atoms with Crippen LogP contribution in [0.15, 0.2) is 22.7 Å². The fourth-order valence-corrected chi connectivity index (χ4v) is 2.70. The van der Waals surface area contributed by atoms with E-state index in [1.165, 1.54) is 0 Å². The molecule has 0 aliphatic carbocycles. The third kappa shape index (κ3) is 2.94. The summed E-state index contributed by atoms with van der Waals surface area (Å²) >= 11 is 3.43. The molecule has 1 aliphatic rings. The number of benzene rings is 1. The number of hydrogen-bond acceptors (Lipinski definition) is 4. The second-order valence-corrected chi connectivity index (χ2v) is 5.83. The van der Waals surface area contributed by atoms with E-state index in [0.717, 1.165) is 16.7 Å². The van der Waals surface area contributed by atoms with E-state index in [1.54, 1.807) is 25.1 Å². The molecule has 0 aromatic heterocycles. The minimum Gasteiger partial charge on any atom is -0.356 e. The Hall–Kier alpha value is -1.58. The van der Waals surface area contributed by atoms with Gasteiger partial charge in [0.1, 0.15) is 12.1 Å². The van der Waals surface area contributed by atoms with Crippen molar-refractivity contribution >= 4 is 27.5 Å². The molecular formula is C14H17BrN4O. The van der Waals surface area contributed by atoms with Gasteiger partial charge >= 0.3 is 0 Å². The van der Waals surface area contributed by atoms with Crippen LogP contribution in [0.1, 0.15) is 5.56 Å². The number of nitrogens with one attached hydrogen (secondary N) is 1. The Labute approximate surface area is 127 Å². The summed E-state index contributed by atoms with van der Waals surface area (Å²) in [5, 5.41) is 12.5. The quantitative estimate of drug-likeness (QED) is 0.881. The lowest BCUT2D eigenvalue weighted by molar-refractivity contribution is -0.130. The molecule has 5 nitrogen and oxygen atoms in total. The molecule has 0 radical (unpaired) electrons. The van der Waals surface area contributed by atoms with Gasteiger partial charge in [0.15, 0.2) is 0 Å². The molecular weight excluding hydrogens is 320 g/mol. The molecule has 0 spiro atoms. The van der Waals surface area contributed by atoms with E-state index >= 15 is 0 Å². The molecule has 1 aromatic carbocycles. The summed E-state index contributed by atoms with van der Waals surface area (Å²) in [5.74, 6) is 0.0427. The normalized spacial score (nSPS) is 18.5. The molecule has 0 bridgehead atoms. The van der Waals surface area contributed by atoms with Crippen molar-refractivity contribution in [3.05, 3.63) is 28.2 Å². The molecule has 1 aromatic rings. The number of rotatable bonds is 2. The van der Waals surface area contributed by atoms with E-state index in [4.69, 9.17) is 0 Å². The van der Waals surface area contributed by atoms with Crippen molar-refractivity contribution in [2.24, 2.45) is 0 Å². The topological polar surface area (TPSA) is 59.4 Å². The van der Waals surface area contributed by atoms with Crippen molar-refractivity contribution in [3.63, 3.8) is 0 Å². The van der Waals surface area contributed by atoms with E-state index in [-0.39, 0.29) is 11.9 Å². The van der Waals surface area contributed by atoms with Gasteiger partial charge in [0.25, 0.3) is 0 Å². The zero-order chi connectivity index (χ0) is 14.7. The van der Waals surface area contributed by atoms with Crippen molar-refractivity contribution < 1.29 is 4.79 Å². The maximum Gasteiger partial charge on any atom is 0.246 e. The largest absolute Gasteiger partial charge is 0.356 e. The minimum atomic E-state index is -0.278. The molecule has 1 saturated heterocycles. The summed E-state index contributed by atoms with van der Waals surface area (Å²) in [6.07, 6.45) is 0. The minimum absolute atomic E-state index is 0.0427. The maximum absolute atomic E-state index is 12.3. The van der Waals surface area contributed by atoms with Gasteiger partial charge in [-0.3, -0.25) is 4.79 Å². The number of carbonyl (C=O) groups excluding carboxylic acids is 1. The van der Waals surface area contributed by atoms with Crippen LogP contribution in [0.2, 0.25) is 0 Å². The summed E-state index contributed by atoms with van der Waals surface area (Å²) in [6, 6.07) is 7.44. The molecule has 1 N–H and O–H groups in total. The lowest BCUT2D eigenvalue weighted by atomic mass is 10.1. The van der Waals surface area contributed by atoms with Crippen LogP contribution in [0.25, 0.3) is 0 Å². The highest BCUT2D eigenvalue weighted by atomic mass is 79.9. The van der Waals surface area contributed by atoms with Crippen LogP contribution in [-0.2, 0) is 4.79 Å². The van der Waals surface area contributed by atoms with Crippen LogP contribution >= 0.6 is 15.9 Å². The molecule has 1 fully saturated rings. The van der Waals surface area contributed by atoms with Crippen LogP contribution in [0, 0.1) is 11.3 Å². The molecule has 106 valence electrons. The van der Waals surface area contributed by atoms with Gasteiger partial charge in [-0.15, -0.1) is 0 Å². The van der Waals surface area contributed by atoms with Crippen LogP contribution in [0.4, 0.5) is 5.69 Å². The lowest BCUT2D eigenvalue weighted by Crippen LogP contribution is -2.58. The summed E-state index contributed by atoms with van der Waals surface area (Å²) < 4.78 is 0.904. The molecule has 20 heavy (non-hydrogen) atoms. The van der Waals surface area contributed by atoms with Gasteiger partial charge < -0.3 is 15.1 Å². The lowest BCUT2D eigenvalue weighted by Gasteiger charge is -2.38. The Morgan fingerprint density at radius 2 is 2.30 bits per heavy atom. The standard InChI is InChI=1S/C14H17BrN4O/c1-18(2)14(20)13-9-17-5-6-19(13)12-7-11(15)4-3-10(12)8-16/h3-4,7,13,17H,5-6,9H2,1-2H3. The van der Waals surface area contributed by atoms with Gasteiger partial charge in [0.2, 0.25) is 5.91 Å². The van der Waals surface area contributed by atoms with Gasteiger partial charge in [0, 0.05) is 38.2 Å². The molecule has 0 saturated carbocycles. The summed E-state index contributed by atoms with van der Waals surface area (Å²) in [7, 11) is 3.50. The number of nitrogens with zero attached hydrogens (tertiary/aromatic N) is 3. The smallest absolute Gasteiger partial charge is 0.246 e. The highest BCUT2D eigenvalue weighted by Crippen LogP contribution is 2.27. The second-order valence-electron chi connectivity index (χ2n) is 4.92. The first-order valence-corrected chi connectivity index (χ1v) is 7.22. The monoisotopic (exact) mass is 336 g/mol. The molecule has 6 heteroatoms. The highest BCUT2D eigenvalue weighted by molar-refractivity contribution is 9.10. The molecule has 1 atom stereocenters. The summed E-state index contributed by atoms with van der Waals surface area (Å²) in [6.45, 7) is 2.10. The van der Waals surface area contributed by atoms with Crippen LogP contribution in [0.3, 0.4) is 0 Å². The number of halogens is 1. The van der Waals surface area contributed by atoms with E-state index < -0.39 is 0 Å². The zero-order valence-corrected chi connectivity index (χ0v) is 13.1. The summed E-state index contributed by atoms with van der Waals surface area (Å²) in [5.41, 5.74) is 1.40. The number of hydrogen-bond donors (Lipinski definition) is 1. The van der Waals surface area contributed by atoms with Crippen molar-refractivity contribution in [1.82, 2.24) is 10.2 Å². The van der Waals surface area contributed by atoms with Crippen molar-refractivity contribution in [2.75, 3.05) is 38.6 Å². The number of amides is 1. The first-order valence-electron chi connectivity index (χ1n) is 6.42. The Morgan fingerprint density at radius 1 is 1.55 bits per heavy atom. The SMILES string of the molecule is CN(C)C(=O)C1CNCCN1c1cc(Br)ccc1C#N. The van der Waals surface area contributed by atoms with E-state index in [0.29, 0.717) is 18.7 Å². The average molecular weight is 337 g/mol. The first-order chi connectivity index (χ1) is 9.54. The van der Waals surface area contributed by atoms with Crippen LogP contribution < -0.4 is 10.2 Å². The fraction of sp³-hybridized carbons (Fsp3) is 0.429. The number of nitriles is 1. The Kier molecular flexibility index (Phi) is 4.63. The highest BCUT2D eigenvalue weighted by Gasteiger charge is 2.31. The predicted molar refractivity (Wildman–Crippen MR) is 81.6 cm³/mol. The van der Waals surface area contributed by atoms with E-state index in [1.807, 2.05) is 17.0 Å². The molecule has 1 heterocycles. The van der Waals surface area contributed by atoms with Gasteiger partial charge in [-0.05, 0) is 18.2 Å². The molecule has 1 amide bonds. The Bertz CT molecular complexity index is 553. The van der Waals surface area contributed by atoms with Crippen LogP contribution in [0.5, 0.6) is 0 Å². The third-order valence-electron chi connectivity index (χ3n) is 3.36. The van der Waals surface area contributed by atoms with Gasteiger partial charge in [0.05, 0.1) is 11.3 Å². The summed E-state index contributed by atoms with van der Waals surface area (Å²) in [4.78, 5) is 15.9. The molecule has 2 rings (SSSR count). The average Bonchev–Trinajstić information content (AvgIpc) is 2.46. The van der Waals surface area contributed by atoms with Crippen molar-refractivity contribution in [3.8, 4) is 6.07 Å². The number of carbonyl (C=O) groups is 1. The number of anilines is 1. The maximum atomic E-state index is 12.3. The van der Waals surface area contributed by atoms with Crippen LogP contribution in [-0.4, -0.2) is 50.6 Å². The zero-order valence-electron chi connectivity index (χ0n) is 11.6. The molecule has 1 unspecified atom stereocenters. The van der Waals surface area contributed by atoms with E-state index in [2.05, 4.69) is 27.3 Å². The van der Waals surface area contributed by atoms with Crippen molar-refractivity contribution in [1.29, 1.82) is 5.26 Å². The predicted octanol–water partition coefficient (Wildman–Crippen LogP) is 1.19. The number of likely N-dealkylation sites (N-methyl/N-ethyl adjacent to an activating group) is 1. The Balaban J connectivity index is 2.40. The third-order valence-corrected chi connectivity index (χ3v) is 3.85. The first kappa shape index (κ1) is 14.8. The Morgan fingerprint density at radius 3 is 2.95 bits per heavy atom. The van der Waals surface area contributed by atoms with Gasteiger partial charge in [-0.25, -0.2) is 0 Å². The second kappa shape index (κ2) is 6.25. The van der Waals surface area contributed by atoms with Crippen molar-refractivity contribution in [2.45, 2.75) is 6.04 Å². The van der Waals surface area contributed by atoms with Gasteiger partial charge in [-0.2, -0.15) is 5.26 Å². The fourth-order valence-electron chi connectivity index (χ4n) is 2.35. The van der Waals surface area contributed by atoms with Gasteiger partial charge in [-0.1, -0.05) is 15.9 Å². The number of piperazine rings is 1. The molecule has 1 aliphatic heterocycles.